The molecule has 1 atom stereocenters. The Hall–Kier alpha value is -1.63. The molecule has 0 fully saturated rings. The summed E-state index contributed by atoms with van der Waals surface area (Å²) in [5.41, 5.74) is 7.45. The molecule has 1 heterocycles. The van der Waals surface area contributed by atoms with Gasteiger partial charge in [0.1, 0.15) is 0 Å². The highest BCUT2D eigenvalue weighted by Crippen LogP contribution is 2.25. The Bertz CT molecular complexity index is 659. The number of amides is 1. The third-order valence-corrected chi connectivity index (χ3v) is 4.62. The summed E-state index contributed by atoms with van der Waals surface area (Å²) in [5, 5.41) is 6.10. The van der Waals surface area contributed by atoms with Crippen molar-refractivity contribution in [2.24, 2.45) is 0 Å². The molecule has 3 N–H and O–H groups in total. The van der Waals surface area contributed by atoms with Gasteiger partial charge in [-0.1, -0.05) is 29.8 Å². The van der Waals surface area contributed by atoms with E-state index in [1.54, 1.807) is 0 Å². The van der Waals surface area contributed by atoms with Gasteiger partial charge in [-0.3, -0.25) is 4.79 Å². The number of hydrogen-bond donors (Lipinski definition) is 2. The summed E-state index contributed by atoms with van der Waals surface area (Å²) in [6.45, 7) is 0.509. The number of aryl methyl sites for hydroxylation is 1. The van der Waals surface area contributed by atoms with E-state index in [9.17, 15) is 4.79 Å². The topological polar surface area (TPSA) is 71.2 Å². The number of aromatic nitrogens is 1. The Morgan fingerprint density at radius 3 is 2.78 bits per heavy atom. The lowest BCUT2D eigenvalue weighted by Gasteiger charge is -2.26. The Morgan fingerprint density at radius 1 is 1.43 bits per heavy atom. The van der Waals surface area contributed by atoms with E-state index in [0.29, 0.717) is 29.5 Å². The molecule has 0 saturated heterocycles. The first-order valence-corrected chi connectivity index (χ1v) is 8.60. The van der Waals surface area contributed by atoms with Crippen LogP contribution < -0.4 is 11.1 Å². The summed E-state index contributed by atoms with van der Waals surface area (Å²) in [5.74, 6) is -0.00419. The van der Waals surface area contributed by atoms with Crippen molar-refractivity contribution in [1.82, 2.24) is 15.2 Å². The van der Waals surface area contributed by atoms with Gasteiger partial charge in [0.05, 0.1) is 11.7 Å². The number of nitrogens with one attached hydrogen (secondary N) is 1. The fraction of sp³-hybridized carbons (Fsp3) is 0.375. The summed E-state index contributed by atoms with van der Waals surface area (Å²) < 4.78 is 0. The molecule has 2 aromatic rings. The van der Waals surface area contributed by atoms with E-state index in [-0.39, 0.29) is 11.9 Å². The van der Waals surface area contributed by atoms with Gasteiger partial charge in [-0.2, -0.15) is 0 Å². The lowest BCUT2D eigenvalue weighted by Crippen LogP contribution is -2.34. The average Bonchev–Trinajstić information content (AvgIpc) is 2.92. The van der Waals surface area contributed by atoms with Crippen LogP contribution >= 0.6 is 22.9 Å². The Labute approximate surface area is 145 Å². The molecule has 0 unspecified atom stereocenters. The number of carbonyl (C=O) groups is 1. The quantitative estimate of drug-likeness (QED) is 0.803. The zero-order valence-corrected chi connectivity index (χ0v) is 14.8. The van der Waals surface area contributed by atoms with Crippen LogP contribution in [0.4, 0.5) is 5.13 Å². The molecule has 1 aromatic carbocycles. The first-order valence-electron chi connectivity index (χ1n) is 7.35. The van der Waals surface area contributed by atoms with Crippen molar-refractivity contribution in [2.45, 2.75) is 18.9 Å². The van der Waals surface area contributed by atoms with Crippen LogP contribution in [0, 0.1) is 0 Å². The van der Waals surface area contributed by atoms with Crippen molar-refractivity contribution in [3.05, 3.63) is 45.9 Å². The van der Waals surface area contributed by atoms with E-state index in [1.165, 1.54) is 11.3 Å². The molecule has 2 rings (SSSR count). The molecular formula is C16H21ClN4OS. The van der Waals surface area contributed by atoms with Crippen LogP contribution in [0.1, 0.15) is 23.7 Å². The molecule has 0 spiro atoms. The third kappa shape index (κ3) is 5.20. The van der Waals surface area contributed by atoms with Crippen LogP contribution in [0.15, 0.2) is 29.6 Å². The zero-order valence-electron chi connectivity index (χ0n) is 13.3. The summed E-state index contributed by atoms with van der Waals surface area (Å²) in [6, 6.07) is 7.73. The van der Waals surface area contributed by atoms with Crippen LogP contribution in [-0.4, -0.2) is 36.4 Å². The van der Waals surface area contributed by atoms with E-state index >= 15 is 0 Å². The van der Waals surface area contributed by atoms with Gasteiger partial charge in [-0.15, -0.1) is 11.3 Å². The van der Waals surface area contributed by atoms with Gasteiger partial charge in [0.15, 0.2) is 5.13 Å². The van der Waals surface area contributed by atoms with Crippen LogP contribution in [-0.2, 0) is 11.2 Å². The fourth-order valence-electron chi connectivity index (χ4n) is 2.29. The van der Waals surface area contributed by atoms with E-state index in [4.69, 9.17) is 17.3 Å². The smallest absolute Gasteiger partial charge is 0.220 e. The number of rotatable bonds is 7. The van der Waals surface area contributed by atoms with Gasteiger partial charge in [0, 0.05) is 23.4 Å². The van der Waals surface area contributed by atoms with E-state index in [0.717, 1.165) is 11.3 Å². The van der Waals surface area contributed by atoms with Gasteiger partial charge in [-0.25, -0.2) is 4.98 Å². The Morgan fingerprint density at radius 2 is 2.17 bits per heavy atom. The van der Waals surface area contributed by atoms with Gasteiger partial charge in [0.2, 0.25) is 5.91 Å². The number of nitrogens with two attached hydrogens (primary N) is 1. The van der Waals surface area contributed by atoms with Crippen molar-refractivity contribution >= 4 is 34.0 Å². The molecule has 5 nitrogen and oxygen atoms in total. The van der Waals surface area contributed by atoms with E-state index in [1.807, 2.05) is 48.6 Å². The van der Waals surface area contributed by atoms with Crippen LogP contribution in [0.3, 0.4) is 0 Å². The predicted molar refractivity (Wildman–Crippen MR) is 95.7 cm³/mol. The summed E-state index contributed by atoms with van der Waals surface area (Å²) in [6.07, 6.45) is 0.990. The first kappa shape index (κ1) is 17.7. The lowest BCUT2D eigenvalue weighted by molar-refractivity contribution is -0.121. The number of likely N-dealkylation sites (N-methyl/N-ethyl adjacent to an activating group) is 1. The van der Waals surface area contributed by atoms with Crippen molar-refractivity contribution in [3.63, 3.8) is 0 Å². The van der Waals surface area contributed by atoms with E-state index in [2.05, 4.69) is 10.3 Å². The number of anilines is 1. The largest absolute Gasteiger partial charge is 0.375 e. The second-order valence-electron chi connectivity index (χ2n) is 5.48. The number of hydrogen-bond acceptors (Lipinski definition) is 5. The second-order valence-corrected chi connectivity index (χ2v) is 6.78. The third-order valence-electron chi connectivity index (χ3n) is 3.56. The minimum absolute atomic E-state index is 0.00419. The molecule has 0 bridgehead atoms. The molecule has 23 heavy (non-hydrogen) atoms. The number of nitrogens with zero attached hydrogens (tertiary/aromatic N) is 2. The second kappa shape index (κ2) is 8.29. The molecule has 124 valence electrons. The zero-order chi connectivity index (χ0) is 16.8. The van der Waals surface area contributed by atoms with Crippen LogP contribution in [0.5, 0.6) is 0 Å². The molecule has 0 radical (unpaired) electrons. The molecular weight excluding hydrogens is 332 g/mol. The predicted octanol–water partition coefficient (Wildman–Crippen LogP) is 2.73. The van der Waals surface area contributed by atoms with Gasteiger partial charge < -0.3 is 16.0 Å². The number of benzene rings is 1. The van der Waals surface area contributed by atoms with Gasteiger partial charge in [-0.05, 0) is 32.1 Å². The Balaban J connectivity index is 1.89. The monoisotopic (exact) mass is 352 g/mol. The highest BCUT2D eigenvalue weighted by Gasteiger charge is 2.17. The molecule has 1 aromatic heterocycles. The normalized spacial score (nSPS) is 12.3. The van der Waals surface area contributed by atoms with E-state index < -0.39 is 0 Å². The minimum Gasteiger partial charge on any atom is -0.375 e. The maximum atomic E-state index is 12.0. The van der Waals surface area contributed by atoms with Crippen LogP contribution in [0.25, 0.3) is 0 Å². The van der Waals surface area contributed by atoms with Gasteiger partial charge >= 0.3 is 0 Å². The lowest BCUT2D eigenvalue weighted by atomic mass is 10.1. The first-order chi connectivity index (χ1) is 11.0. The number of thiazole rings is 1. The molecule has 0 aliphatic heterocycles. The minimum atomic E-state index is -0.00419. The van der Waals surface area contributed by atoms with Crippen LogP contribution in [0.2, 0.25) is 5.02 Å². The maximum Gasteiger partial charge on any atom is 0.220 e. The molecule has 1 amide bonds. The molecule has 7 heteroatoms. The SMILES string of the molecule is CN(C)[C@@H](CNC(=O)CCc1csc(N)n1)c1ccccc1Cl. The molecule has 0 aliphatic carbocycles. The molecule has 0 saturated carbocycles. The highest BCUT2D eigenvalue weighted by atomic mass is 35.5. The Kier molecular flexibility index (Phi) is 6.38. The van der Waals surface area contributed by atoms with Crippen molar-refractivity contribution in [3.8, 4) is 0 Å². The van der Waals surface area contributed by atoms with Crippen molar-refractivity contribution in [2.75, 3.05) is 26.4 Å². The van der Waals surface area contributed by atoms with Gasteiger partial charge in [0.25, 0.3) is 0 Å². The summed E-state index contributed by atoms with van der Waals surface area (Å²) in [4.78, 5) is 18.2. The molecule has 0 aliphatic rings. The average molecular weight is 353 g/mol. The fourth-order valence-corrected chi connectivity index (χ4v) is 3.15. The standard InChI is InChI=1S/C16H21ClN4OS/c1-21(2)14(12-5-3-4-6-13(12)17)9-19-15(22)8-7-11-10-23-16(18)20-11/h3-6,10,14H,7-9H2,1-2H3,(H2,18,20)(H,19,22)/t14-/m0/s1. The number of carbonyl (C=O) groups excluding carboxylic acids is 1. The van der Waals surface area contributed by atoms with Crippen molar-refractivity contribution in [1.29, 1.82) is 0 Å². The summed E-state index contributed by atoms with van der Waals surface area (Å²) in [7, 11) is 3.94. The number of halogens is 1. The number of nitrogen functional groups attached to an aromatic ring is 1. The maximum absolute atomic E-state index is 12.0. The highest BCUT2D eigenvalue weighted by molar-refractivity contribution is 7.13. The van der Waals surface area contributed by atoms with Crippen molar-refractivity contribution < 1.29 is 4.79 Å². The summed E-state index contributed by atoms with van der Waals surface area (Å²) >= 11 is 7.65.